The van der Waals surface area contributed by atoms with E-state index in [4.69, 9.17) is 5.11 Å². The molecule has 0 heterocycles. The molecule has 0 aliphatic carbocycles. The predicted octanol–water partition coefficient (Wildman–Crippen LogP) is 1.96. The molecular weight excluding hydrogens is 221 g/mol. The Hall–Kier alpha value is -1.42. The van der Waals surface area contributed by atoms with Crippen molar-refractivity contribution < 1.29 is 14.3 Å². The Bertz CT molecular complexity index is 351. The first-order valence-corrected chi connectivity index (χ1v) is 5.78. The summed E-state index contributed by atoms with van der Waals surface area (Å²) in [5.74, 6) is -0.280. The highest BCUT2D eigenvalue weighted by molar-refractivity contribution is 5.94. The van der Waals surface area contributed by atoms with Crippen molar-refractivity contribution in [3.8, 4) is 0 Å². The van der Waals surface area contributed by atoms with Crippen molar-refractivity contribution in [2.45, 2.75) is 19.8 Å². The van der Waals surface area contributed by atoms with E-state index in [0.29, 0.717) is 12.1 Å². The van der Waals surface area contributed by atoms with Gasteiger partial charge in [0.1, 0.15) is 5.82 Å². The molecule has 0 aliphatic rings. The number of halogens is 1. The van der Waals surface area contributed by atoms with Crippen LogP contribution < -0.4 is 5.32 Å². The summed E-state index contributed by atoms with van der Waals surface area (Å²) in [7, 11) is 0. The Balaban J connectivity index is 2.28. The van der Waals surface area contributed by atoms with Crippen molar-refractivity contribution in [3.05, 3.63) is 35.6 Å². The lowest BCUT2D eigenvalue weighted by molar-refractivity contribution is 0.0952. The first kappa shape index (κ1) is 13.6. The third kappa shape index (κ3) is 4.95. The van der Waals surface area contributed by atoms with Gasteiger partial charge in [-0.2, -0.15) is 0 Å². The molecule has 1 aromatic carbocycles. The van der Waals surface area contributed by atoms with Crippen LogP contribution in [0.15, 0.2) is 24.3 Å². The molecule has 4 heteroatoms. The maximum atomic E-state index is 12.6. The van der Waals surface area contributed by atoms with E-state index in [1.807, 2.05) is 6.92 Å². The van der Waals surface area contributed by atoms with E-state index < -0.39 is 0 Å². The molecule has 3 nitrogen and oxygen atoms in total. The number of amides is 1. The van der Waals surface area contributed by atoms with Crippen LogP contribution in [0.25, 0.3) is 0 Å². The largest absolute Gasteiger partial charge is 0.396 e. The summed E-state index contributed by atoms with van der Waals surface area (Å²) in [6, 6.07) is 5.45. The topological polar surface area (TPSA) is 49.3 Å². The molecule has 0 saturated heterocycles. The average molecular weight is 239 g/mol. The van der Waals surface area contributed by atoms with E-state index in [-0.39, 0.29) is 24.2 Å². The van der Waals surface area contributed by atoms with Gasteiger partial charge < -0.3 is 10.4 Å². The summed E-state index contributed by atoms with van der Waals surface area (Å²) in [5, 5.41) is 11.6. The van der Waals surface area contributed by atoms with Gasteiger partial charge in [-0.05, 0) is 43.0 Å². The minimum absolute atomic E-state index is 0.173. The van der Waals surface area contributed by atoms with Crippen LogP contribution in [0.4, 0.5) is 4.39 Å². The molecule has 0 radical (unpaired) electrons. The van der Waals surface area contributed by atoms with Gasteiger partial charge in [-0.25, -0.2) is 4.39 Å². The second-order valence-electron chi connectivity index (χ2n) is 4.19. The van der Waals surface area contributed by atoms with E-state index in [1.54, 1.807) is 0 Å². The predicted molar refractivity (Wildman–Crippen MR) is 64.2 cm³/mol. The lowest BCUT2D eigenvalue weighted by Gasteiger charge is -2.08. The molecule has 94 valence electrons. The maximum absolute atomic E-state index is 12.6. The number of hydrogen-bond donors (Lipinski definition) is 2. The van der Waals surface area contributed by atoms with Crippen molar-refractivity contribution in [2.75, 3.05) is 13.2 Å². The number of aliphatic hydroxyl groups excluding tert-OH is 1. The Morgan fingerprint density at radius 2 is 2.06 bits per heavy atom. The zero-order valence-corrected chi connectivity index (χ0v) is 9.95. The molecule has 0 spiro atoms. The van der Waals surface area contributed by atoms with Crippen LogP contribution in [-0.2, 0) is 0 Å². The molecule has 0 aliphatic heterocycles. The summed E-state index contributed by atoms with van der Waals surface area (Å²) in [5.41, 5.74) is 0.460. The number of hydrogen-bond acceptors (Lipinski definition) is 2. The molecule has 0 bridgehead atoms. The maximum Gasteiger partial charge on any atom is 0.251 e. The molecule has 0 saturated carbocycles. The Morgan fingerprint density at radius 1 is 1.41 bits per heavy atom. The molecule has 1 unspecified atom stereocenters. The molecule has 2 N–H and O–H groups in total. The highest BCUT2D eigenvalue weighted by Gasteiger charge is 2.05. The second kappa shape index (κ2) is 7.01. The van der Waals surface area contributed by atoms with E-state index >= 15 is 0 Å². The fourth-order valence-corrected chi connectivity index (χ4v) is 1.45. The minimum Gasteiger partial charge on any atom is -0.396 e. The SMILES string of the molecule is CC(CO)CCCNC(=O)c1ccc(F)cc1. The van der Waals surface area contributed by atoms with Crippen LogP contribution in [0.2, 0.25) is 0 Å². The third-order valence-electron chi connectivity index (χ3n) is 2.58. The van der Waals surface area contributed by atoms with E-state index in [9.17, 15) is 9.18 Å². The van der Waals surface area contributed by atoms with Gasteiger partial charge in [-0.3, -0.25) is 4.79 Å². The van der Waals surface area contributed by atoms with Gasteiger partial charge in [0.25, 0.3) is 5.91 Å². The van der Waals surface area contributed by atoms with Gasteiger partial charge in [-0.15, -0.1) is 0 Å². The molecule has 0 fully saturated rings. The molecule has 1 amide bonds. The average Bonchev–Trinajstić information content (AvgIpc) is 2.34. The van der Waals surface area contributed by atoms with Crippen LogP contribution in [0.5, 0.6) is 0 Å². The minimum atomic E-state index is -0.349. The number of benzene rings is 1. The van der Waals surface area contributed by atoms with Gasteiger partial charge in [0, 0.05) is 18.7 Å². The molecule has 1 atom stereocenters. The van der Waals surface area contributed by atoms with Gasteiger partial charge in [-0.1, -0.05) is 6.92 Å². The van der Waals surface area contributed by atoms with E-state index in [0.717, 1.165) is 12.8 Å². The van der Waals surface area contributed by atoms with Crippen LogP contribution in [0, 0.1) is 11.7 Å². The quantitative estimate of drug-likeness (QED) is 0.746. The molecule has 1 rings (SSSR count). The summed E-state index contributed by atoms with van der Waals surface area (Å²) in [6.07, 6.45) is 1.70. The monoisotopic (exact) mass is 239 g/mol. The Labute approximate surface area is 101 Å². The standard InChI is InChI=1S/C13H18FNO2/c1-10(9-16)3-2-8-15-13(17)11-4-6-12(14)7-5-11/h4-7,10,16H,2-3,8-9H2,1H3,(H,15,17). The van der Waals surface area contributed by atoms with Crippen molar-refractivity contribution in [2.24, 2.45) is 5.92 Å². The van der Waals surface area contributed by atoms with Crippen molar-refractivity contribution in [1.82, 2.24) is 5.32 Å². The number of nitrogens with one attached hydrogen (secondary N) is 1. The first-order chi connectivity index (χ1) is 8.13. The number of carbonyl (C=O) groups excluding carboxylic acids is 1. The second-order valence-corrected chi connectivity index (χ2v) is 4.19. The molecule has 17 heavy (non-hydrogen) atoms. The van der Waals surface area contributed by atoms with Crippen molar-refractivity contribution >= 4 is 5.91 Å². The van der Waals surface area contributed by atoms with Crippen LogP contribution >= 0.6 is 0 Å². The van der Waals surface area contributed by atoms with E-state index in [1.165, 1.54) is 24.3 Å². The lowest BCUT2D eigenvalue weighted by atomic mass is 10.1. The fraction of sp³-hybridized carbons (Fsp3) is 0.462. The highest BCUT2D eigenvalue weighted by Crippen LogP contribution is 2.04. The normalized spacial score (nSPS) is 12.2. The van der Waals surface area contributed by atoms with Crippen molar-refractivity contribution in [1.29, 1.82) is 0 Å². The van der Waals surface area contributed by atoms with Gasteiger partial charge in [0.05, 0.1) is 0 Å². The summed E-state index contributed by atoms with van der Waals surface area (Å²) in [6.45, 7) is 2.70. The molecular formula is C13H18FNO2. The Morgan fingerprint density at radius 3 is 2.65 bits per heavy atom. The lowest BCUT2D eigenvalue weighted by Crippen LogP contribution is -2.24. The zero-order chi connectivity index (χ0) is 12.7. The number of rotatable bonds is 6. The number of aliphatic hydroxyl groups is 1. The summed E-state index contributed by atoms with van der Waals surface area (Å²) < 4.78 is 12.6. The number of carbonyl (C=O) groups is 1. The molecule has 1 aromatic rings. The zero-order valence-electron chi connectivity index (χ0n) is 9.95. The smallest absolute Gasteiger partial charge is 0.251 e. The summed E-state index contributed by atoms with van der Waals surface area (Å²) in [4.78, 5) is 11.6. The Kier molecular flexibility index (Phi) is 5.63. The van der Waals surface area contributed by atoms with Crippen LogP contribution in [0.1, 0.15) is 30.1 Å². The summed E-state index contributed by atoms with van der Waals surface area (Å²) >= 11 is 0. The van der Waals surface area contributed by atoms with Gasteiger partial charge >= 0.3 is 0 Å². The van der Waals surface area contributed by atoms with Crippen LogP contribution in [-0.4, -0.2) is 24.2 Å². The van der Waals surface area contributed by atoms with Crippen LogP contribution in [0.3, 0.4) is 0 Å². The fourth-order valence-electron chi connectivity index (χ4n) is 1.45. The highest BCUT2D eigenvalue weighted by atomic mass is 19.1. The third-order valence-corrected chi connectivity index (χ3v) is 2.58. The van der Waals surface area contributed by atoms with Gasteiger partial charge in [0.15, 0.2) is 0 Å². The first-order valence-electron chi connectivity index (χ1n) is 5.78. The van der Waals surface area contributed by atoms with Crippen molar-refractivity contribution in [3.63, 3.8) is 0 Å². The van der Waals surface area contributed by atoms with Gasteiger partial charge in [0.2, 0.25) is 0 Å². The van der Waals surface area contributed by atoms with E-state index in [2.05, 4.69) is 5.32 Å². The molecule has 0 aromatic heterocycles.